The van der Waals surface area contributed by atoms with E-state index in [0.29, 0.717) is 24.4 Å². The zero-order chi connectivity index (χ0) is 17.4. The lowest BCUT2D eigenvalue weighted by Gasteiger charge is -2.33. The first-order valence-corrected chi connectivity index (χ1v) is 8.40. The molecular formula is C18H19N5O2. The van der Waals surface area contributed by atoms with Crippen LogP contribution >= 0.6 is 0 Å². The molecule has 0 bridgehead atoms. The highest BCUT2D eigenvalue weighted by molar-refractivity contribution is 5.90. The van der Waals surface area contributed by atoms with E-state index in [1.54, 1.807) is 10.9 Å². The van der Waals surface area contributed by atoms with Crippen LogP contribution in [0.3, 0.4) is 0 Å². The van der Waals surface area contributed by atoms with Crippen molar-refractivity contribution in [1.29, 1.82) is 0 Å². The molecule has 25 heavy (non-hydrogen) atoms. The minimum atomic E-state index is -0.808. The first-order valence-electron chi connectivity index (χ1n) is 8.40. The molecule has 1 N–H and O–H groups in total. The molecule has 1 aliphatic rings. The van der Waals surface area contributed by atoms with Crippen LogP contribution in [0.1, 0.15) is 24.8 Å². The van der Waals surface area contributed by atoms with Crippen LogP contribution in [0.2, 0.25) is 0 Å². The molecular weight excluding hydrogens is 318 g/mol. The number of nitrogens with zero attached hydrogens (tertiary/aromatic N) is 5. The Morgan fingerprint density at radius 3 is 2.76 bits per heavy atom. The molecule has 0 amide bonds. The van der Waals surface area contributed by atoms with Gasteiger partial charge in [0, 0.05) is 6.54 Å². The van der Waals surface area contributed by atoms with Crippen molar-refractivity contribution in [3.8, 4) is 5.69 Å². The zero-order valence-electron chi connectivity index (χ0n) is 14.0. The van der Waals surface area contributed by atoms with Crippen LogP contribution in [-0.2, 0) is 4.79 Å². The summed E-state index contributed by atoms with van der Waals surface area (Å²) in [5, 5.41) is 14.8. The topological polar surface area (TPSA) is 84.1 Å². The van der Waals surface area contributed by atoms with Gasteiger partial charge in [0.15, 0.2) is 5.65 Å². The smallest absolute Gasteiger partial charge is 0.326 e. The number of anilines is 1. The Morgan fingerprint density at radius 2 is 2.00 bits per heavy atom. The van der Waals surface area contributed by atoms with Crippen molar-refractivity contribution in [3.63, 3.8) is 0 Å². The third-order valence-electron chi connectivity index (χ3n) is 4.68. The van der Waals surface area contributed by atoms with E-state index in [4.69, 9.17) is 0 Å². The van der Waals surface area contributed by atoms with Gasteiger partial charge in [0.25, 0.3) is 0 Å². The number of benzene rings is 1. The molecule has 2 aromatic heterocycles. The van der Waals surface area contributed by atoms with Gasteiger partial charge in [0.1, 0.15) is 18.2 Å². The number of aliphatic carboxylic acids is 1. The third kappa shape index (κ3) is 2.71. The number of hydrogen-bond donors (Lipinski definition) is 1. The number of carboxylic acid groups (broad SMARTS) is 1. The maximum absolute atomic E-state index is 11.6. The number of carbonyl (C=O) groups is 1. The Hall–Kier alpha value is -2.96. The Balaban J connectivity index is 1.81. The predicted octanol–water partition coefficient (Wildman–Crippen LogP) is 2.57. The minimum absolute atomic E-state index is 0.547. The summed E-state index contributed by atoms with van der Waals surface area (Å²) < 4.78 is 1.76. The molecule has 0 spiro atoms. The molecule has 1 aliphatic heterocycles. The van der Waals surface area contributed by atoms with Crippen molar-refractivity contribution < 1.29 is 9.90 Å². The summed E-state index contributed by atoms with van der Waals surface area (Å²) in [6, 6.07) is 7.48. The van der Waals surface area contributed by atoms with Crippen LogP contribution in [0.5, 0.6) is 0 Å². The second kappa shape index (κ2) is 6.16. The van der Waals surface area contributed by atoms with Crippen LogP contribution in [0.15, 0.2) is 36.8 Å². The normalized spacial score (nSPS) is 17.8. The van der Waals surface area contributed by atoms with Gasteiger partial charge in [-0.25, -0.2) is 19.4 Å². The van der Waals surface area contributed by atoms with Crippen LogP contribution in [0, 0.1) is 6.92 Å². The monoisotopic (exact) mass is 337 g/mol. The maximum atomic E-state index is 11.6. The van der Waals surface area contributed by atoms with E-state index in [9.17, 15) is 9.90 Å². The molecule has 1 aromatic carbocycles. The summed E-state index contributed by atoms with van der Waals surface area (Å²) in [5.41, 5.74) is 2.77. The molecule has 4 rings (SSSR count). The van der Waals surface area contributed by atoms with Crippen molar-refractivity contribution in [1.82, 2.24) is 19.7 Å². The lowest BCUT2D eigenvalue weighted by molar-refractivity contribution is -0.139. The van der Waals surface area contributed by atoms with Crippen molar-refractivity contribution >= 4 is 22.8 Å². The Bertz CT molecular complexity index is 919. The average Bonchev–Trinajstić information content (AvgIpc) is 3.06. The molecule has 7 nitrogen and oxygen atoms in total. The van der Waals surface area contributed by atoms with Gasteiger partial charge in [-0.2, -0.15) is 5.10 Å². The van der Waals surface area contributed by atoms with Crippen molar-refractivity contribution in [2.75, 3.05) is 11.4 Å². The van der Waals surface area contributed by atoms with E-state index in [1.807, 2.05) is 36.1 Å². The first kappa shape index (κ1) is 15.6. The highest BCUT2D eigenvalue weighted by Crippen LogP contribution is 2.29. The van der Waals surface area contributed by atoms with Gasteiger partial charge in [0.2, 0.25) is 0 Å². The van der Waals surface area contributed by atoms with Gasteiger partial charge >= 0.3 is 5.97 Å². The molecule has 7 heteroatoms. The third-order valence-corrected chi connectivity index (χ3v) is 4.68. The number of aromatic nitrogens is 4. The summed E-state index contributed by atoms with van der Waals surface area (Å²) in [5.74, 6) is -0.159. The number of carboxylic acids is 1. The van der Waals surface area contributed by atoms with Gasteiger partial charge in [-0.1, -0.05) is 17.7 Å². The summed E-state index contributed by atoms with van der Waals surface area (Å²) in [6.07, 6.45) is 5.72. The number of aryl methyl sites for hydroxylation is 1. The fourth-order valence-electron chi connectivity index (χ4n) is 3.38. The molecule has 0 aliphatic carbocycles. The highest BCUT2D eigenvalue weighted by Gasteiger charge is 2.31. The van der Waals surface area contributed by atoms with Crippen LogP contribution < -0.4 is 4.90 Å². The molecule has 1 atom stereocenters. The van der Waals surface area contributed by atoms with Gasteiger partial charge in [0.05, 0.1) is 17.3 Å². The van der Waals surface area contributed by atoms with Crippen molar-refractivity contribution in [3.05, 3.63) is 42.4 Å². The minimum Gasteiger partial charge on any atom is -0.480 e. The van der Waals surface area contributed by atoms with E-state index < -0.39 is 12.0 Å². The van der Waals surface area contributed by atoms with E-state index in [0.717, 1.165) is 23.9 Å². The molecule has 3 aromatic rings. The number of rotatable bonds is 3. The van der Waals surface area contributed by atoms with Gasteiger partial charge in [-0.3, -0.25) is 0 Å². The quantitative estimate of drug-likeness (QED) is 0.791. The maximum Gasteiger partial charge on any atom is 0.326 e. The molecule has 1 unspecified atom stereocenters. The fourth-order valence-corrected chi connectivity index (χ4v) is 3.38. The summed E-state index contributed by atoms with van der Waals surface area (Å²) in [7, 11) is 0. The largest absolute Gasteiger partial charge is 0.480 e. The Kier molecular flexibility index (Phi) is 3.83. The standard InChI is InChI=1S/C18H19N5O2/c1-12-5-7-13(8-6-12)23-17-14(10-21-23)16(19-11-20-17)22-9-3-2-4-15(22)18(24)25/h5-8,10-11,15H,2-4,9H2,1H3,(H,24,25). The summed E-state index contributed by atoms with van der Waals surface area (Å²) in [6.45, 7) is 2.71. The van der Waals surface area contributed by atoms with Crippen molar-refractivity contribution in [2.24, 2.45) is 0 Å². The number of piperidine rings is 1. The predicted molar refractivity (Wildman–Crippen MR) is 94.0 cm³/mol. The molecule has 128 valence electrons. The Morgan fingerprint density at radius 1 is 1.20 bits per heavy atom. The number of hydrogen-bond acceptors (Lipinski definition) is 5. The van der Waals surface area contributed by atoms with Gasteiger partial charge in [-0.15, -0.1) is 0 Å². The van der Waals surface area contributed by atoms with Gasteiger partial charge in [-0.05, 0) is 38.3 Å². The van der Waals surface area contributed by atoms with E-state index in [-0.39, 0.29) is 0 Å². The average molecular weight is 337 g/mol. The van der Waals surface area contributed by atoms with Crippen molar-refractivity contribution in [2.45, 2.75) is 32.2 Å². The Labute approximate surface area is 144 Å². The van der Waals surface area contributed by atoms with Gasteiger partial charge < -0.3 is 10.0 Å². The fraction of sp³-hybridized carbons (Fsp3) is 0.333. The zero-order valence-corrected chi connectivity index (χ0v) is 14.0. The van der Waals surface area contributed by atoms with Crippen LogP contribution in [-0.4, -0.2) is 43.4 Å². The SMILES string of the molecule is Cc1ccc(-n2ncc3c(N4CCCCC4C(=O)O)ncnc32)cc1. The second-order valence-electron chi connectivity index (χ2n) is 6.37. The van der Waals surface area contributed by atoms with E-state index in [1.165, 1.54) is 11.9 Å². The van der Waals surface area contributed by atoms with E-state index in [2.05, 4.69) is 15.1 Å². The molecule has 0 radical (unpaired) electrons. The molecule has 1 saturated heterocycles. The number of fused-ring (bicyclic) bond motifs is 1. The molecule has 3 heterocycles. The van der Waals surface area contributed by atoms with Crippen LogP contribution in [0.25, 0.3) is 16.7 Å². The summed E-state index contributed by atoms with van der Waals surface area (Å²) in [4.78, 5) is 22.3. The summed E-state index contributed by atoms with van der Waals surface area (Å²) >= 11 is 0. The first-order chi connectivity index (χ1) is 12.1. The lowest BCUT2D eigenvalue weighted by Crippen LogP contribution is -2.45. The highest BCUT2D eigenvalue weighted by atomic mass is 16.4. The molecule has 1 fully saturated rings. The van der Waals surface area contributed by atoms with E-state index >= 15 is 0 Å². The van der Waals surface area contributed by atoms with Crippen LogP contribution in [0.4, 0.5) is 5.82 Å². The second-order valence-corrected chi connectivity index (χ2v) is 6.37. The molecule has 0 saturated carbocycles. The lowest BCUT2D eigenvalue weighted by atomic mass is 10.0.